The van der Waals surface area contributed by atoms with Crippen LogP contribution in [0.5, 0.6) is 0 Å². The molecule has 102 valence electrons. The molecule has 3 unspecified atom stereocenters. The second-order valence-corrected chi connectivity index (χ2v) is 4.94. The molecule has 1 amide bonds. The predicted octanol–water partition coefficient (Wildman–Crippen LogP) is 1.32. The molecule has 0 aromatic heterocycles. The van der Waals surface area contributed by atoms with Crippen LogP contribution in [0.15, 0.2) is 0 Å². The van der Waals surface area contributed by atoms with E-state index in [2.05, 4.69) is 12.2 Å². The van der Waals surface area contributed by atoms with Gasteiger partial charge in [0.25, 0.3) is 0 Å². The molecule has 0 spiro atoms. The van der Waals surface area contributed by atoms with Gasteiger partial charge in [-0.25, -0.2) is 0 Å². The van der Waals surface area contributed by atoms with Crippen molar-refractivity contribution in [1.29, 1.82) is 0 Å². The molecule has 0 aromatic rings. The lowest BCUT2D eigenvalue weighted by molar-refractivity contribution is -0.123. The van der Waals surface area contributed by atoms with Crippen molar-refractivity contribution >= 4 is 18.3 Å². The summed E-state index contributed by atoms with van der Waals surface area (Å²) < 4.78 is 4.85. The van der Waals surface area contributed by atoms with E-state index in [9.17, 15) is 4.79 Å². The fraction of sp³-hybridized carbons (Fsp3) is 0.917. The minimum absolute atomic E-state index is 0. The van der Waals surface area contributed by atoms with Crippen molar-refractivity contribution in [3.05, 3.63) is 0 Å². The fourth-order valence-corrected chi connectivity index (χ4v) is 2.38. The molecule has 5 heteroatoms. The number of rotatable bonds is 5. The molecule has 4 nitrogen and oxygen atoms in total. The quantitative estimate of drug-likeness (QED) is 0.787. The number of amides is 1. The van der Waals surface area contributed by atoms with Gasteiger partial charge in [0.1, 0.15) is 6.04 Å². The van der Waals surface area contributed by atoms with Crippen LogP contribution in [0.2, 0.25) is 0 Å². The number of methoxy groups -OCH3 is 1. The van der Waals surface area contributed by atoms with Crippen LogP contribution in [0.1, 0.15) is 32.6 Å². The minimum atomic E-state index is -0.536. The van der Waals surface area contributed by atoms with Gasteiger partial charge >= 0.3 is 0 Å². The van der Waals surface area contributed by atoms with Crippen LogP contribution < -0.4 is 11.1 Å². The molecular formula is C12H25ClN2O2. The Bertz CT molecular complexity index is 227. The average Bonchev–Trinajstić information content (AvgIpc) is 2.26. The summed E-state index contributed by atoms with van der Waals surface area (Å²) in [6.07, 6.45) is 5.06. The minimum Gasteiger partial charge on any atom is -0.383 e. The summed E-state index contributed by atoms with van der Waals surface area (Å²) in [7, 11) is 1.55. The molecule has 17 heavy (non-hydrogen) atoms. The van der Waals surface area contributed by atoms with Crippen LogP contribution in [-0.4, -0.2) is 32.2 Å². The van der Waals surface area contributed by atoms with Gasteiger partial charge < -0.3 is 15.8 Å². The van der Waals surface area contributed by atoms with Gasteiger partial charge in [-0.2, -0.15) is 0 Å². The highest BCUT2D eigenvalue weighted by molar-refractivity contribution is 5.85. The van der Waals surface area contributed by atoms with Crippen LogP contribution in [0.4, 0.5) is 0 Å². The summed E-state index contributed by atoms with van der Waals surface area (Å²) in [4.78, 5) is 11.5. The van der Waals surface area contributed by atoms with Crippen molar-refractivity contribution in [3.63, 3.8) is 0 Å². The molecule has 0 aromatic carbocycles. The Morgan fingerprint density at radius 1 is 1.53 bits per heavy atom. The third-order valence-corrected chi connectivity index (χ3v) is 3.29. The Hall–Kier alpha value is -0.320. The fourth-order valence-electron chi connectivity index (χ4n) is 2.38. The molecule has 0 heterocycles. The molecule has 0 radical (unpaired) electrons. The highest BCUT2D eigenvalue weighted by Crippen LogP contribution is 2.27. The van der Waals surface area contributed by atoms with Crippen LogP contribution in [0, 0.1) is 11.8 Å². The van der Waals surface area contributed by atoms with Crippen LogP contribution >= 0.6 is 12.4 Å². The molecule has 1 aliphatic carbocycles. The van der Waals surface area contributed by atoms with E-state index in [0.29, 0.717) is 5.92 Å². The Labute approximate surface area is 110 Å². The lowest BCUT2D eigenvalue weighted by Crippen LogP contribution is -2.45. The van der Waals surface area contributed by atoms with Crippen molar-refractivity contribution in [3.8, 4) is 0 Å². The number of nitrogens with two attached hydrogens (primary N) is 1. The summed E-state index contributed by atoms with van der Waals surface area (Å²) in [6.45, 7) is 3.33. The summed E-state index contributed by atoms with van der Waals surface area (Å²) in [5, 5.41) is 2.91. The number of hydrogen-bond donors (Lipinski definition) is 2. The molecule has 1 rings (SSSR count). The highest BCUT2D eigenvalue weighted by Gasteiger charge is 2.20. The van der Waals surface area contributed by atoms with Gasteiger partial charge in [-0.05, 0) is 24.7 Å². The number of carbonyl (C=O) groups excluding carboxylic acids is 1. The van der Waals surface area contributed by atoms with Crippen LogP contribution in [0.3, 0.4) is 0 Å². The zero-order valence-electron chi connectivity index (χ0n) is 10.8. The predicted molar refractivity (Wildman–Crippen MR) is 71.2 cm³/mol. The molecule has 0 saturated heterocycles. The molecule has 3 N–H and O–H groups in total. The monoisotopic (exact) mass is 264 g/mol. The zero-order valence-corrected chi connectivity index (χ0v) is 11.6. The van der Waals surface area contributed by atoms with E-state index in [0.717, 1.165) is 12.5 Å². The van der Waals surface area contributed by atoms with E-state index in [-0.39, 0.29) is 24.9 Å². The lowest BCUT2D eigenvalue weighted by Gasteiger charge is -2.27. The molecule has 1 fully saturated rings. The summed E-state index contributed by atoms with van der Waals surface area (Å²) in [5.74, 6) is 1.32. The molecule has 1 saturated carbocycles. The number of halogens is 1. The van der Waals surface area contributed by atoms with E-state index in [4.69, 9.17) is 10.5 Å². The van der Waals surface area contributed by atoms with Gasteiger partial charge in [0.15, 0.2) is 0 Å². The number of ether oxygens (including phenoxy) is 1. The standard InChI is InChI=1S/C12H24N2O2.ClH/c1-9-4-3-5-10(6-9)7-14-12(15)11(13)8-16-2;/h9-11H,3-8,13H2,1-2H3,(H,14,15);1H. The van der Waals surface area contributed by atoms with Crippen molar-refractivity contribution in [2.45, 2.75) is 38.6 Å². The molecule has 0 aliphatic heterocycles. The Morgan fingerprint density at radius 3 is 2.82 bits per heavy atom. The van der Waals surface area contributed by atoms with Crippen molar-refractivity contribution in [2.24, 2.45) is 17.6 Å². The van der Waals surface area contributed by atoms with E-state index < -0.39 is 6.04 Å². The smallest absolute Gasteiger partial charge is 0.239 e. The van der Waals surface area contributed by atoms with Crippen LogP contribution in [0.25, 0.3) is 0 Å². The second kappa shape index (κ2) is 8.72. The molecule has 3 atom stereocenters. The normalized spacial score (nSPS) is 25.8. The number of carbonyl (C=O) groups is 1. The first-order valence-corrected chi connectivity index (χ1v) is 6.15. The van der Waals surface area contributed by atoms with Gasteiger partial charge in [-0.3, -0.25) is 4.79 Å². The van der Waals surface area contributed by atoms with Crippen molar-refractivity contribution in [2.75, 3.05) is 20.3 Å². The first-order valence-electron chi connectivity index (χ1n) is 6.15. The van der Waals surface area contributed by atoms with Crippen molar-refractivity contribution in [1.82, 2.24) is 5.32 Å². The van der Waals surface area contributed by atoms with E-state index in [1.54, 1.807) is 7.11 Å². The number of hydrogen-bond acceptors (Lipinski definition) is 3. The summed E-state index contributed by atoms with van der Waals surface area (Å²) in [5.41, 5.74) is 5.63. The maximum absolute atomic E-state index is 11.5. The highest BCUT2D eigenvalue weighted by atomic mass is 35.5. The van der Waals surface area contributed by atoms with Gasteiger partial charge in [-0.15, -0.1) is 12.4 Å². The van der Waals surface area contributed by atoms with Gasteiger partial charge in [0.2, 0.25) is 5.91 Å². The SMILES string of the molecule is COCC(N)C(=O)NCC1CCCC(C)C1.Cl. The Kier molecular flexibility index (Phi) is 8.56. The van der Waals surface area contributed by atoms with Crippen LogP contribution in [-0.2, 0) is 9.53 Å². The van der Waals surface area contributed by atoms with E-state index in [1.807, 2.05) is 0 Å². The lowest BCUT2D eigenvalue weighted by atomic mass is 9.82. The summed E-state index contributed by atoms with van der Waals surface area (Å²) >= 11 is 0. The average molecular weight is 265 g/mol. The van der Waals surface area contributed by atoms with Gasteiger partial charge in [0, 0.05) is 13.7 Å². The largest absolute Gasteiger partial charge is 0.383 e. The first-order chi connectivity index (χ1) is 7.63. The maximum Gasteiger partial charge on any atom is 0.239 e. The maximum atomic E-state index is 11.5. The Balaban J connectivity index is 0.00000256. The molecule has 0 bridgehead atoms. The van der Waals surface area contributed by atoms with Gasteiger partial charge in [-0.1, -0.05) is 19.8 Å². The van der Waals surface area contributed by atoms with Crippen molar-refractivity contribution < 1.29 is 9.53 Å². The second-order valence-electron chi connectivity index (χ2n) is 4.94. The third-order valence-electron chi connectivity index (χ3n) is 3.29. The molecule has 1 aliphatic rings. The topological polar surface area (TPSA) is 64.3 Å². The van der Waals surface area contributed by atoms with E-state index in [1.165, 1.54) is 25.7 Å². The van der Waals surface area contributed by atoms with Gasteiger partial charge in [0.05, 0.1) is 6.61 Å². The Morgan fingerprint density at radius 2 is 2.24 bits per heavy atom. The van der Waals surface area contributed by atoms with E-state index >= 15 is 0 Å². The summed E-state index contributed by atoms with van der Waals surface area (Å²) in [6, 6.07) is -0.536. The number of nitrogens with one attached hydrogen (secondary N) is 1. The molecular weight excluding hydrogens is 240 g/mol. The first kappa shape index (κ1) is 16.7. The third kappa shape index (κ3) is 6.24. The zero-order chi connectivity index (χ0) is 12.0.